The van der Waals surface area contributed by atoms with Crippen LogP contribution in [0.3, 0.4) is 0 Å². The van der Waals surface area contributed by atoms with Crippen LogP contribution in [-0.4, -0.2) is 26.0 Å². The molecule has 3 N–H and O–H groups in total. The quantitative estimate of drug-likeness (QED) is 0.811. The summed E-state index contributed by atoms with van der Waals surface area (Å²) in [4.78, 5) is 13.4. The van der Waals surface area contributed by atoms with Crippen molar-refractivity contribution in [1.29, 1.82) is 0 Å². The average Bonchev–Trinajstić information content (AvgIpc) is 2.70. The maximum atomic E-state index is 11.6. The van der Waals surface area contributed by atoms with E-state index in [1.807, 2.05) is 13.1 Å². The van der Waals surface area contributed by atoms with Gasteiger partial charge in [-0.15, -0.1) is 0 Å². The second kappa shape index (κ2) is 6.17. The molecule has 19 heavy (non-hydrogen) atoms. The summed E-state index contributed by atoms with van der Waals surface area (Å²) < 4.78 is 0. The number of likely N-dealkylation sites (N-methyl/N-ethyl adjacent to an activating group) is 1. The molecule has 0 aliphatic carbocycles. The number of carbonyl (C=O) groups excluding carboxylic acids is 1. The highest BCUT2D eigenvalue weighted by molar-refractivity contribution is 6.00. The molecule has 1 atom stereocenters. The van der Waals surface area contributed by atoms with Crippen LogP contribution in [-0.2, 0) is 17.8 Å². The van der Waals surface area contributed by atoms with Crippen LogP contribution >= 0.6 is 0 Å². The fraction of sp³-hybridized carbons (Fsp3) is 0.533. The van der Waals surface area contributed by atoms with Crippen LogP contribution in [0.15, 0.2) is 18.2 Å². The zero-order chi connectivity index (χ0) is 13.8. The minimum Gasteiger partial charge on any atom is -0.330 e. The molecule has 1 aliphatic rings. The molecule has 0 saturated carbocycles. The number of hydrogen-bond donors (Lipinski definition) is 2. The summed E-state index contributed by atoms with van der Waals surface area (Å²) in [6, 6.07) is 6.26. The molecule has 1 unspecified atom stereocenters. The third-order valence-electron chi connectivity index (χ3n) is 3.89. The Morgan fingerprint density at radius 1 is 1.47 bits per heavy atom. The third-order valence-corrected chi connectivity index (χ3v) is 3.89. The Morgan fingerprint density at radius 2 is 2.26 bits per heavy atom. The van der Waals surface area contributed by atoms with Gasteiger partial charge < -0.3 is 16.0 Å². The molecule has 0 saturated heterocycles. The first-order valence-electron chi connectivity index (χ1n) is 6.94. The summed E-state index contributed by atoms with van der Waals surface area (Å²) in [7, 11) is 1.83. The van der Waals surface area contributed by atoms with Gasteiger partial charge in [0.2, 0.25) is 5.91 Å². The molecule has 4 nitrogen and oxygen atoms in total. The molecule has 4 heteroatoms. The Bertz CT molecular complexity index is 455. The van der Waals surface area contributed by atoms with Gasteiger partial charge in [0, 0.05) is 19.3 Å². The van der Waals surface area contributed by atoms with E-state index < -0.39 is 0 Å². The Morgan fingerprint density at radius 3 is 2.95 bits per heavy atom. The molecule has 1 aliphatic heterocycles. The zero-order valence-electron chi connectivity index (χ0n) is 11.8. The van der Waals surface area contributed by atoms with Crippen LogP contribution in [0.4, 0.5) is 5.69 Å². The first-order chi connectivity index (χ1) is 9.15. The van der Waals surface area contributed by atoms with Crippen molar-refractivity contribution in [2.24, 2.45) is 11.7 Å². The largest absolute Gasteiger partial charge is 0.330 e. The number of nitrogens with zero attached hydrogens (tertiary/aromatic N) is 1. The van der Waals surface area contributed by atoms with E-state index in [1.54, 1.807) is 4.90 Å². The van der Waals surface area contributed by atoms with E-state index >= 15 is 0 Å². The fourth-order valence-electron chi connectivity index (χ4n) is 2.45. The second-order valence-corrected chi connectivity index (χ2v) is 5.23. The molecule has 0 radical (unpaired) electrons. The lowest BCUT2D eigenvalue weighted by Gasteiger charge is -2.14. The van der Waals surface area contributed by atoms with Crippen molar-refractivity contribution in [2.45, 2.75) is 26.3 Å². The Hall–Kier alpha value is -1.39. The molecular formula is C15H23N3O. The lowest BCUT2D eigenvalue weighted by molar-refractivity contribution is -0.117. The van der Waals surface area contributed by atoms with Gasteiger partial charge in [-0.25, -0.2) is 0 Å². The monoisotopic (exact) mass is 261 g/mol. The number of benzene rings is 1. The van der Waals surface area contributed by atoms with Gasteiger partial charge in [0.15, 0.2) is 0 Å². The number of anilines is 1. The van der Waals surface area contributed by atoms with Gasteiger partial charge in [-0.1, -0.05) is 25.5 Å². The van der Waals surface area contributed by atoms with Gasteiger partial charge >= 0.3 is 0 Å². The molecule has 0 fully saturated rings. The standard InChI is InChI=1S/C15H23N3O/c1-3-11(8-16)9-17-10-12-4-5-14-13(6-12)7-15(19)18(14)2/h4-6,11,17H,3,7-10,16H2,1-2H3. The summed E-state index contributed by atoms with van der Waals surface area (Å²) in [6.07, 6.45) is 1.63. The van der Waals surface area contributed by atoms with Crippen LogP contribution in [0.25, 0.3) is 0 Å². The van der Waals surface area contributed by atoms with Crippen LogP contribution < -0.4 is 16.0 Å². The maximum Gasteiger partial charge on any atom is 0.231 e. The molecule has 1 heterocycles. The summed E-state index contributed by atoms with van der Waals surface area (Å²) in [5.74, 6) is 0.719. The van der Waals surface area contributed by atoms with Crippen molar-refractivity contribution < 1.29 is 4.79 Å². The number of hydrogen-bond acceptors (Lipinski definition) is 3. The van der Waals surface area contributed by atoms with E-state index in [0.717, 1.165) is 37.3 Å². The average molecular weight is 261 g/mol. The van der Waals surface area contributed by atoms with Crippen molar-refractivity contribution in [3.05, 3.63) is 29.3 Å². The van der Waals surface area contributed by atoms with Gasteiger partial charge in [-0.2, -0.15) is 0 Å². The van der Waals surface area contributed by atoms with Gasteiger partial charge in [-0.3, -0.25) is 4.79 Å². The normalized spacial score (nSPS) is 15.7. The predicted octanol–water partition coefficient (Wildman–Crippen LogP) is 1.28. The van der Waals surface area contributed by atoms with Gasteiger partial charge in [0.1, 0.15) is 0 Å². The van der Waals surface area contributed by atoms with E-state index in [-0.39, 0.29) is 5.91 Å². The van der Waals surface area contributed by atoms with E-state index in [9.17, 15) is 4.79 Å². The van der Waals surface area contributed by atoms with E-state index in [1.165, 1.54) is 5.56 Å². The summed E-state index contributed by atoms with van der Waals surface area (Å²) >= 11 is 0. The summed E-state index contributed by atoms with van der Waals surface area (Å²) in [5.41, 5.74) is 9.09. The molecule has 0 bridgehead atoms. The van der Waals surface area contributed by atoms with Crippen LogP contribution in [0.5, 0.6) is 0 Å². The first-order valence-corrected chi connectivity index (χ1v) is 6.94. The first kappa shape index (κ1) is 14.0. The third kappa shape index (κ3) is 3.14. The van der Waals surface area contributed by atoms with Crippen molar-refractivity contribution in [1.82, 2.24) is 5.32 Å². The Balaban J connectivity index is 1.93. The number of amides is 1. The van der Waals surface area contributed by atoms with Crippen molar-refractivity contribution in [3.63, 3.8) is 0 Å². The highest BCUT2D eigenvalue weighted by atomic mass is 16.2. The smallest absolute Gasteiger partial charge is 0.231 e. The Labute approximate surface area is 115 Å². The lowest BCUT2D eigenvalue weighted by atomic mass is 10.1. The maximum absolute atomic E-state index is 11.6. The van der Waals surface area contributed by atoms with Crippen LogP contribution in [0, 0.1) is 5.92 Å². The summed E-state index contributed by atoms with van der Waals surface area (Å²) in [6.45, 7) is 4.67. The SMILES string of the molecule is CCC(CN)CNCc1ccc2c(c1)CC(=O)N2C. The van der Waals surface area contributed by atoms with Gasteiger partial charge in [-0.05, 0) is 36.2 Å². The minimum atomic E-state index is 0.175. The van der Waals surface area contributed by atoms with Crippen molar-refractivity contribution in [3.8, 4) is 0 Å². The topological polar surface area (TPSA) is 58.4 Å². The minimum absolute atomic E-state index is 0.175. The number of nitrogens with two attached hydrogens (primary N) is 1. The van der Waals surface area contributed by atoms with E-state index in [2.05, 4.69) is 24.4 Å². The van der Waals surface area contributed by atoms with Crippen LogP contribution in [0.2, 0.25) is 0 Å². The molecular weight excluding hydrogens is 238 g/mol. The van der Waals surface area contributed by atoms with Gasteiger partial charge in [0.05, 0.1) is 6.42 Å². The molecule has 104 valence electrons. The number of nitrogens with one attached hydrogen (secondary N) is 1. The number of fused-ring (bicyclic) bond motifs is 1. The molecule has 2 rings (SSSR count). The van der Waals surface area contributed by atoms with Crippen LogP contribution in [0.1, 0.15) is 24.5 Å². The molecule has 1 aromatic carbocycles. The second-order valence-electron chi connectivity index (χ2n) is 5.23. The highest BCUT2D eigenvalue weighted by Gasteiger charge is 2.23. The van der Waals surface area contributed by atoms with E-state index in [4.69, 9.17) is 5.73 Å². The molecule has 1 amide bonds. The van der Waals surface area contributed by atoms with Gasteiger partial charge in [0.25, 0.3) is 0 Å². The number of rotatable bonds is 6. The van der Waals surface area contributed by atoms with Crippen molar-refractivity contribution in [2.75, 3.05) is 25.0 Å². The molecule has 0 aromatic heterocycles. The zero-order valence-corrected chi connectivity index (χ0v) is 11.8. The molecule has 1 aromatic rings. The fourth-order valence-corrected chi connectivity index (χ4v) is 2.45. The molecule has 0 spiro atoms. The summed E-state index contributed by atoms with van der Waals surface area (Å²) in [5, 5.41) is 3.44. The van der Waals surface area contributed by atoms with E-state index in [0.29, 0.717) is 12.3 Å². The Kier molecular flexibility index (Phi) is 4.56. The predicted molar refractivity (Wildman–Crippen MR) is 78.1 cm³/mol. The lowest BCUT2D eigenvalue weighted by Crippen LogP contribution is -2.27. The highest BCUT2D eigenvalue weighted by Crippen LogP contribution is 2.28. The van der Waals surface area contributed by atoms with Crippen molar-refractivity contribution >= 4 is 11.6 Å². The number of carbonyl (C=O) groups is 1.